The maximum Gasteiger partial charge on any atom is 0.0827 e. The number of hydrogen-bond acceptors (Lipinski definition) is 3. The minimum Gasteiger partial charge on any atom is -0.256 e. The van der Waals surface area contributed by atoms with E-state index in [-0.39, 0.29) is 0 Å². The molecule has 1 atom stereocenters. The summed E-state index contributed by atoms with van der Waals surface area (Å²) < 4.78 is 17.6. The summed E-state index contributed by atoms with van der Waals surface area (Å²) in [5, 5.41) is 0. The van der Waals surface area contributed by atoms with E-state index in [0.717, 1.165) is 21.7 Å². The van der Waals surface area contributed by atoms with Gasteiger partial charge >= 0.3 is 0 Å². The minimum absolute atomic E-state index is 0.696. The Bertz CT molecular complexity index is 942. The van der Waals surface area contributed by atoms with Crippen LogP contribution in [0, 0.1) is 6.92 Å². The Labute approximate surface area is 137 Å². The zero-order chi connectivity index (χ0) is 16.3. The standard InChI is InChI=1S/C19H18N2OS/c1-15-12-13-20-19(14-15)17-10-6-7-11-18(17)21-23(2,22)16-8-4-3-5-9-16/h3-14H,1-2H3. The average Bonchev–Trinajstić information content (AvgIpc) is 2.56. The van der Waals surface area contributed by atoms with E-state index >= 15 is 0 Å². The molecule has 0 bridgehead atoms. The van der Waals surface area contributed by atoms with Crippen molar-refractivity contribution in [3.63, 3.8) is 0 Å². The summed E-state index contributed by atoms with van der Waals surface area (Å²) in [4.78, 5) is 5.15. The van der Waals surface area contributed by atoms with Gasteiger partial charge in [-0.1, -0.05) is 36.4 Å². The molecule has 1 aromatic heterocycles. The monoisotopic (exact) mass is 322 g/mol. The Morgan fingerprint density at radius 2 is 1.65 bits per heavy atom. The average molecular weight is 322 g/mol. The SMILES string of the molecule is Cc1ccnc(-c2ccccc2N=S(C)(=O)c2ccccc2)c1. The molecule has 0 radical (unpaired) electrons. The van der Waals surface area contributed by atoms with E-state index < -0.39 is 9.73 Å². The van der Waals surface area contributed by atoms with Crippen LogP contribution in [0.2, 0.25) is 0 Å². The van der Waals surface area contributed by atoms with Crippen LogP contribution < -0.4 is 0 Å². The summed E-state index contributed by atoms with van der Waals surface area (Å²) >= 11 is 0. The first kappa shape index (κ1) is 15.4. The Morgan fingerprint density at radius 1 is 0.957 bits per heavy atom. The lowest BCUT2D eigenvalue weighted by Gasteiger charge is -2.09. The number of rotatable bonds is 3. The van der Waals surface area contributed by atoms with E-state index in [1.54, 1.807) is 12.5 Å². The third kappa shape index (κ3) is 3.48. The highest BCUT2D eigenvalue weighted by Crippen LogP contribution is 2.31. The molecule has 1 heterocycles. The zero-order valence-electron chi connectivity index (χ0n) is 13.1. The van der Waals surface area contributed by atoms with Gasteiger partial charge in [0.1, 0.15) is 0 Å². The third-order valence-electron chi connectivity index (χ3n) is 3.55. The van der Waals surface area contributed by atoms with Crippen molar-refractivity contribution < 1.29 is 4.21 Å². The fourth-order valence-corrected chi connectivity index (χ4v) is 3.67. The quantitative estimate of drug-likeness (QED) is 0.692. The number of aryl methyl sites for hydroxylation is 1. The van der Waals surface area contributed by atoms with Crippen molar-refractivity contribution in [3.05, 3.63) is 78.5 Å². The van der Waals surface area contributed by atoms with Gasteiger partial charge in [-0.15, -0.1) is 0 Å². The lowest BCUT2D eigenvalue weighted by molar-refractivity contribution is 0.681. The molecule has 0 saturated heterocycles. The minimum atomic E-state index is -2.51. The third-order valence-corrected chi connectivity index (χ3v) is 5.24. The van der Waals surface area contributed by atoms with Gasteiger partial charge in [-0.2, -0.15) is 4.36 Å². The Morgan fingerprint density at radius 3 is 2.39 bits per heavy atom. The highest BCUT2D eigenvalue weighted by atomic mass is 32.2. The molecule has 0 amide bonds. The van der Waals surface area contributed by atoms with Gasteiger partial charge in [0.25, 0.3) is 0 Å². The fraction of sp³-hybridized carbons (Fsp3) is 0.105. The zero-order valence-corrected chi connectivity index (χ0v) is 14.0. The van der Waals surface area contributed by atoms with Crippen molar-refractivity contribution >= 4 is 15.4 Å². The molecule has 3 rings (SSSR count). The summed E-state index contributed by atoms with van der Waals surface area (Å²) in [5.41, 5.74) is 3.56. The predicted molar refractivity (Wildman–Crippen MR) is 95.3 cm³/mol. The summed E-state index contributed by atoms with van der Waals surface area (Å²) in [7, 11) is -2.51. The topological polar surface area (TPSA) is 42.3 Å². The summed E-state index contributed by atoms with van der Waals surface area (Å²) in [6.07, 6.45) is 3.45. The molecule has 23 heavy (non-hydrogen) atoms. The summed E-state index contributed by atoms with van der Waals surface area (Å²) in [5.74, 6) is 0. The summed E-state index contributed by atoms with van der Waals surface area (Å²) in [6, 6.07) is 21.0. The second-order valence-electron chi connectivity index (χ2n) is 5.44. The van der Waals surface area contributed by atoms with Crippen LogP contribution in [0.25, 0.3) is 11.3 Å². The molecule has 116 valence electrons. The van der Waals surface area contributed by atoms with E-state index in [0.29, 0.717) is 5.69 Å². The van der Waals surface area contributed by atoms with Crippen LogP contribution in [-0.2, 0) is 9.73 Å². The smallest absolute Gasteiger partial charge is 0.0827 e. The van der Waals surface area contributed by atoms with Crippen LogP contribution in [0.5, 0.6) is 0 Å². The van der Waals surface area contributed by atoms with Crippen molar-refractivity contribution in [3.8, 4) is 11.3 Å². The Hall–Kier alpha value is -2.46. The van der Waals surface area contributed by atoms with Gasteiger partial charge in [0, 0.05) is 22.9 Å². The first-order valence-corrected chi connectivity index (χ1v) is 9.28. The van der Waals surface area contributed by atoms with Crippen molar-refractivity contribution in [1.29, 1.82) is 0 Å². The lowest BCUT2D eigenvalue weighted by Crippen LogP contribution is -1.96. The number of pyridine rings is 1. The molecule has 0 N–H and O–H groups in total. The first-order valence-electron chi connectivity index (χ1n) is 7.35. The molecular weight excluding hydrogens is 304 g/mol. The normalized spacial score (nSPS) is 13.3. The molecular formula is C19H18N2OS. The van der Waals surface area contributed by atoms with Crippen molar-refractivity contribution in [1.82, 2.24) is 4.98 Å². The van der Waals surface area contributed by atoms with Crippen molar-refractivity contribution in [2.24, 2.45) is 4.36 Å². The number of nitrogens with zero attached hydrogens (tertiary/aromatic N) is 2. The number of aromatic nitrogens is 1. The molecule has 0 fully saturated rings. The van der Waals surface area contributed by atoms with Crippen molar-refractivity contribution in [2.75, 3.05) is 6.26 Å². The van der Waals surface area contributed by atoms with Gasteiger partial charge in [-0.25, -0.2) is 4.21 Å². The fourth-order valence-electron chi connectivity index (χ4n) is 2.37. The molecule has 0 aliphatic heterocycles. The van der Waals surface area contributed by atoms with Crippen LogP contribution in [0.1, 0.15) is 5.56 Å². The van der Waals surface area contributed by atoms with E-state index in [9.17, 15) is 4.21 Å². The van der Waals surface area contributed by atoms with Gasteiger partial charge in [-0.05, 0) is 42.8 Å². The maximum atomic E-state index is 13.0. The largest absolute Gasteiger partial charge is 0.256 e. The van der Waals surface area contributed by atoms with Crippen LogP contribution in [-0.4, -0.2) is 15.4 Å². The van der Waals surface area contributed by atoms with Crippen LogP contribution in [0.4, 0.5) is 5.69 Å². The second-order valence-corrected chi connectivity index (χ2v) is 7.70. The first-order chi connectivity index (χ1) is 11.1. The molecule has 0 aliphatic rings. The highest BCUT2D eigenvalue weighted by molar-refractivity contribution is 7.93. The van der Waals surface area contributed by atoms with Gasteiger partial charge in [-0.3, -0.25) is 4.98 Å². The van der Waals surface area contributed by atoms with E-state index in [4.69, 9.17) is 0 Å². The number of hydrogen-bond donors (Lipinski definition) is 0. The summed E-state index contributed by atoms with van der Waals surface area (Å²) in [6.45, 7) is 2.03. The highest BCUT2D eigenvalue weighted by Gasteiger charge is 2.10. The van der Waals surface area contributed by atoms with E-state index in [2.05, 4.69) is 9.35 Å². The van der Waals surface area contributed by atoms with Gasteiger partial charge in [0.15, 0.2) is 0 Å². The molecule has 3 aromatic rings. The van der Waals surface area contributed by atoms with Gasteiger partial charge in [0.2, 0.25) is 0 Å². The second kappa shape index (κ2) is 6.34. The van der Waals surface area contributed by atoms with E-state index in [1.165, 1.54) is 0 Å². The maximum absolute atomic E-state index is 13.0. The molecule has 0 spiro atoms. The molecule has 0 saturated carbocycles. The molecule has 2 aromatic carbocycles. The van der Waals surface area contributed by atoms with Crippen molar-refractivity contribution in [2.45, 2.75) is 11.8 Å². The van der Waals surface area contributed by atoms with Gasteiger partial charge < -0.3 is 0 Å². The predicted octanol–water partition coefficient (Wildman–Crippen LogP) is 4.85. The molecule has 3 nitrogen and oxygen atoms in total. The van der Waals surface area contributed by atoms with E-state index in [1.807, 2.05) is 73.7 Å². The number of benzene rings is 2. The van der Waals surface area contributed by atoms with Crippen LogP contribution >= 0.6 is 0 Å². The lowest BCUT2D eigenvalue weighted by atomic mass is 10.1. The molecule has 4 heteroatoms. The Balaban J connectivity index is 2.15. The Kier molecular flexibility index (Phi) is 4.26. The molecule has 1 unspecified atom stereocenters. The van der Waals surface area contributed by atoms with Gasteiger partial charge in [0.05, 0.1) is 21.1 Å². The van der Waals surface area contributed by atoms with Crippen LogP contribution in [0.15, 0.2) is 82.2 Å². The van der Waals surface area contributed by atoms with Crippen LogP contribution in [0.3, 0.4) is 0 Å². The molecule has 0 aliphatic carbocycles.